The van der Waals surface area contributed by atoms with E-state index < -0.39 is 30.3 Å². The van der Waals surface area contributed by atoms with Gasteiger partial charge in [-0.05, 0) is 24.3 Å². The molecule has 8 nitrogen and oxygen atoms in total. The minimum Gasteiger partial charge on any atom is -0.481 e. The number of nitrogens with zero attached hydrogens (tertiary/aromatic N) is 1. The van der Waals surface area contributed by atoms with Crippen LogP contribution in [0.5, 0.6) is 5.75 Å². The number of amides is 2. The maximum atomic E-state index is 12.5. The lowest BCUT2D eigenvalue weighted by atomic mass is 10.1. The zero-order valence-corrected chi connectivity index (χ0v) is 13.2. The zero-order chi connectivity index (χ0) is 17.8. The lowest BCUT2D eigenvalue weighted by Crippen LogP contribution is -2.50. The van der Waals surface area contributed by atoms with E-state index >= 15 is 0 Å². The molecule has 1 aliphatic rings. The van der Waals surface area contributed by atoms with E-state index in [1.807, 2.05) is 0 Å². The van der Waals surface area contributed by atoms with E-state index in [0.29, 0.717) is 17.2 Å². The Morgan fingerprint density at radius 3 is 2.72 bits per heavy atom. The topological polar surface area (TPSA) is 109 Å². The number of aliphatic carboxylic acids is 1. The van der Waals surface area contributed by atoms with Gasteiger partial charge in [-0.25, -0.2) is 0 Å². The van der Waals surface area contributed by atoms with Crippen molar-refractivity contribution in [3.63, 3.8) is 0 Å². The molecule has 1 aromatic carbocycles. The number of nitrogens with one attached hydrogen (secondary N) is 1. The summed E-state index contributed by atoms with van der Waals surface area (Å²) in [4.78, 5) is 36.9. The van der Waals surface area contributed by atoms with Crippen LogP contribution in [0.1, 0.15) is 12.2 Å². The van der Waals surface area contributed by atoms with Gasteiger partial charge in [0.2, 0.25) is 5.91 Å². The van der Waals surface area contributed by atoms with Gasteiger partial charge < -0.3 is 19.6 Å². The molecule has 25 heavy (non-hydrogen) atoms. The second kappa shape index (κ2) is 7.08. The van der Waals surface area contributed by atoms with Gasteiger partial charge in [-0.1, -0.05) is 12.1 Å². The summed E-state index contributed by atoms with van der Waals surface area (Å²) in [5.41, 5.74) is 0.433. The lowest BCUT2D eigenvalue weighted by Gasteiger charge is -2.33. The van der Waals surface area contributed by atoms with Crippen LogP contribution >= 0.6 is 0 Å². The van der Waals surface area contributed by atoms with Crippen LogP contribution in [0.2, 0.25) is 0 Å². The average Bonchev–Trinajstić information content (AvgIpc) is 3.10. The molecule has 1 aliphatic heterocycles. The molecule has 1 aromatic heterocycles. The summed E-state index contributed by atoms with van der Waals surface area (Å²) < 4.78 is 10.6. The minimum absolute atomic E-state index is 0.199. The van der Waals surface area contributed by atoms with Gasteiger partial charge in [0, 0.05) is 0 Å². The minimum atomic E-state index is -1.16. The van der Waals surface area contributed by atoms with Gasteiger partial charge in [0.15, 0.2) is 6.10 Å². The van der Waals surface area contributed by atoms with Crippen molar-refractivity contribution in [3.05, 3.63) is 48.4 Å². The van der Waals surface area contributed by atoms with Crippen LogP contribution in [0.25, 0.3) is 0 Å². The van der Waals surface area contributed by atoms with E-state index in [4.69, 9.17) is 14.3 Å². The van der Waals surface area contributed by atoms with Crippen molar-refractivity contribution in [2.24, 2.45) is 0 Å². The van der Waals surface area contributed by atoms with E-state index in [1.165, 1.54) is 11.2 Å². The average molecular weight is 344 g/mol. The van der Waals surface area contributed by atoms with Crippen molar-refractivity contribution < 1.29 is 28.6 Å². The standard InChI is InChI=1S/C17H16N2O6/c20-15(18-9-11-4-3-7-24-11)10-19-12-5-1-2-6-13(12)25-14(17(19)23)8-16(21)22/h1-7,14H,8-10H2,(H,18,20)(H,21,22). The second-order valence-electron chi connectivity index (χ2n) is 5.45. The van der Waals surface area contributed by atoms with Crippen molar-refractivity contribution in [3.8, 4) is 5.75 Å². The van der Waals surface area contributed by atoms with Crippen LogP contribution in [-0.2, 0) is 20.9 Å². The van der Waals surface area contributed by atoms with Crippen molar-refractivity contribution >= 4 is 23.5 Å². The third-order valence-electron chi connectivity index (χ3n) is 3.67. The first-order chi connectivity index (χ1) is 12.0. The predicted molar refractivity (Wildman–Crippen MR) is 86.0 cm³/mol. The lowest BCUT2D eigenvalue weighted by molar-refractivity contribution is -0.142. The fourth-order valence-corrected chi connectivity index (χ4v) is 2.53. The van der Waals surface area contributed by atoms with Crippen LogP contribution in [-0.4, -0.2) is 35.5 Å². The summed E-state index contributed by atoms with van der Waals surface area (Å²) in [7, 11) is 0. The van der Waals surface area contributed by atoms with Gasteiger partial charge in [0.25, 0.3) is 5.91 Å². The smallest absolute Gasteiger partial charge is 0.307 e. The first-order valence-electron chi connectivity index (χ1n) is 7.62. The van der Waals surface area contributed by atoms with Gasteiger partial charge in [-0.15, -0.1) is 0 Å². The third kappa shape index (κ3) is 3.79. The predicted octanol–water partition coefficient (Wildman–Crippen LogP) is 1.16. The first-order valence-corrected chi connectivity index (χ1v) is 7.62. The van der Waals surface area contributed by atoms with Gasteiger partial charge in [0.1, 0.15) is 18.1 Å². The largest absolute Gasteiger partial charge is 0.481 e. The Hall–Kier alpha value is -3.29. The highest BCUT2D eigenvalue weighted by atomic mass is 16.5. The number of anilines is 1. The van der Waals surface area contributed by atoms with Crippen molar-refractivity contribution in [2.75, 3.05) is 11.4 Å². The van der Waals surface area contributed by atoms with Crippen molar-refractivity contribution in [1.82, 2.24) is 5.32 Å². The summed E-state index contributed by atoms with van der Waals surface area (Å²) in [6.45, 7) is -0.0411. The first kappa shape index (κ1) is 16.6. The Balaban J connectivity index is 1.74. The van der Waals surface area contributed by atoms with E-state index in [1.54, 1.807) is 36.4 Å². The Morgan fingerprint density at radius 1 is 1.20 bits per heavy atom. The van der Waals surface area contributed by atoms with Crippen LogP contribution in [0.4, 0.5) is 5.69 Å². The van der Waals surface area contributed by atoms with Gasteiger partial charge in [-0.3, -0.25) is 19.3 Å². The fourth-order valence-electron chi connectivity index (χ4n) is 2.53. The maximum absolute atomic E-state index is 12.5. The summed E-state index contributed by atoms with van der Waals surface area (Å²) in [5.74, 6) is -1.15. The number of para-hydroxylation sites is 2. The number of carboxylic acid groups (broad SMARTS) is 1. The monoisotopic (exact) mass is 344 g/mol. The molecule has 2 aromatic rings. The summed E-state index contributed by atoms with van der Waals surface area (Å²) in [5, 5.41) is 11.6. The van der Waals surface area contributed by atoms with E-state index in [-0.39, 0.29) is 13.1 Å². The molecule has 0 radical (unpaired) electrons. The van der Waals surface area contributed by atoms with E-state index in [0.717, 1.165) is 0 Å². The van der Waals surface area contributed by atoms with E-state index in [2.05, 4.69) is 5.32 Å². The molecule has 3 rings (SSSR count). The number of carbonyl (C=O) groups excluding carboxylic acids is 2. The summed E-state index contributed by atoms with van der Waals surface area (Å²) in [6, 6.07) is 10.1. The highest BCUT2D eigenvalue weighted by Gasteiger charge is 2.36. The van der Waals surface area contributed by atoms with Gasteiger partial charge in [-0.2, -0.15) is 0 Å². The van der Waals surface area contributed by atoms with Crippen molar-refractivity contribution in [2.45, 2.75) is 19.1 Å². The number of ether oxygens (including phenoxy) is 1. The van der Waals surface area contributed by atoms with Gasteiger partial charge in [0.05, 0.1) is 24.9 Å². The Morgan fingerprint density at radius 2 is 2.00 bits per heavy atom. The Bertz CT molecular complexity index is 786. The molecular weight excluding hydrogens is 328 g/mol. The molecular formula is C17H16N2O6. The Kier molecular flexibility index (Phi) is 4.69. The molecule has 2 N–H and O–H groups in total. The van der Waals surface area contributed by atoms with Crippen LogP contribution in [0.3, 0.4) is 0 Å². The third-order valence-corrected chi connectivity index (χ3v) is 3.67. The molecule has 0 spiro atoms. The second-order valence-corrected chi connectivity index (χ2v) is 5.45. The van der Waals surface area contributed by atoms with Crippen molar-refractivity contribution in [1.29, 1.82) is 0 Å². The normalized spacial score (nSPS) is 16.1. The molecule has 1 atom stereocenters. The number of rotatable bonds is 6. The number of hydrogen-bond acceptors (Lipinski definition) is 5. The van der Waals surface area contributed by atoms with Crippen LogP contribution < -0.4 is 15.0 Å². The molecule has 130 valence electrons. The van der Waals surface area contributed by atoms with Gasteiger partial charge >= 0.3 is 5.97 Å². The molecule has 2 amide bonds. The molecule has 0 aliphatic carbocycles. The molecule has 2 heterocycles. The zero-order valence-electron chi connectivity index (χ0n) is 13.2. The number of carboxylic acids is 1. The molecule has 0 fully saturated rings. The SMILES string of the molecule is O=C(O)CC1Oc2ccccc2N(CC(=O)NCc2ccco2)C1=O. The molecule has 0 saturated carbocycles. The number of carbonyl (C=O) groups is 3. The molecule has 0 bridgehead atoms. The number of fused-ring (bicyclic) bond motifs is 1. The van der Waals surface area contributed by atoms with Crippen LogP contribution in [0.15, 0.2) is 47.1 Å². The quantitative estimate of drug-likeness (QED) is 0.814. The Labute approximate surface area is 143 Å². The number of benzene rings is 1. The molecule has 8 heteroatoms. The maximum Gasteiger partial charge on any atom is 0.307 e. The summed E-state index contributed by atoms with van der Waals surface area (Å²) >= 11 is 0. The highest BCUT2D eigenvalue weighted by molar-refractivity contribution is 6.04. The number of furan rings is 1. The van der Waals surface area contributed by atoms with Crippen LogP contribution in [0, 0.1) is 0 Å². The summed E-state index contributed by atoms with van der Waals surface area (Å²) in [6.07, 6.45) is -0.137. The highest BCUT2D eigenvalue weighted by Crippen LogP contribution is 2.34. The van der Waals surface area contributed by atoms with E-state index in [9.17, 15) is 14.4 Å². The molecule has 0 saturated heterocycles. The number of hydrogen-bond donors (Lipinski definition) is 2. The fraction of sp³-hybridized carbons (Fsp3) is 0.235. The molecule has 1 unspecified atom stereocenters.